The Kier molecular flexibility index (Phi) is 2.83. The highest BCUT2D eigenvalue weighted by molar-refractivity contribution is 14.1. The molecule has 72 valence electrons. The fourth-order valence-electron chi connectivity index (χ4n) is 1.33. The molecular weight excluding hydrogens is 406 g/mol. The highest BCUT2D eigenvalue weighted by atomic mass is 127. The lowest BCUT2D eigenvalue weighted by Crippen LogP contribution is -2.01. The monoisotopic (exact) mass is 412 g/mol. The largest absolute Gasteiger partial charge is 0.428 e. The molecule has 0 saturated heterocycles. The van der Waals surface area contributed by atoms with Gasteiger partial charge < -0.3 is 4.42 Å². The van der Waals surface area contributed by atoms with Crippen molar-refractivity contribution >= 4 is 56.0 Å². The number of hydrogen-bond donors (Lipinski definition) is 0. The van der Waals surface area contributed by atoms with Gasteiger partial charge in [0.1, 0.15) is 5.76 Å². The lowest BCUT2D eigenvalue weighted by molar-refractivity contribution is 0.488. The molecule has 0 amide bonds. The van der Waals surface area contributed by atoms with Gasteiger partial charge in [-0.1, -0.05) is 0 Å². The summed E-state index contributed by atoms with van der Waals surface area (Å²) in [7, 11) is 0. The third-order valence-corrected chi connectivity index (χ3v) is 3.43. The van der Waals surface area contributed by atoms with Crippen molar-refractivity contribution in [2.24, 2.45) is 0 Å². The van der Waals surface area contributed by atoms with E-state index in [4.69, 9.17) is 4.42 Å². The summed E-state index contributed by atoms with van der Waals surface area (Å²) in [6, 6.07) is 5.79. The predicted molar refractivity (Wildman–Crippen MR) is 72.7 cm³/mol. The molecule has 2 rings (SSSR count). The number of rotatable bonds is 0. The second-order valence-electron chi connectivity index (χ2n) is 2.99. The van der Waals surface area contributed by atoms with Gasteiger partial charge in [0.15, 0.2) is 0 Å². The smallest absolute Gasteiger partial charge is 0.343 e. The van der Waals surface area contributed by atoms with Crippen LogP contribution in [-0.4, -0.2) is 0 Å². The lowest BCUT2D eigenvalue weighted by atomic mass is 10.2. The average Bonchev–Trinajstić information content (AvgIpc) is 2.07. The van der Waals surface area contributed by atoms with Crippen molar-refractivity contribution in [3.63, 3.8) is 0 Å². The molecule has 4 heteroatoms. The fourth-order valence-corrected chi connectivity index (χ4v) is 3.33. The third kappa shape index (κ3) is 1.81. The highest BCUT2D eigenvalue weighted by Crippen LogP contribution is 2.22. The molecule has 1 heterocycles. The van der Waals surface area contributed by atoms with Gasteiger partial charge in [-0.05, 0) is 70.3 Å². The first-order valence-electron chi connectivity index (χ1n) is 3.97. The van der Waals surface area contributed by atoms with E-state index in [0.29, 0.717) is 11.1 Å². The topological polar surface area (TPSA) is 30.2 Å². The summed E-state index contributed by atoms with van der Waals surface area (Å²) >= 11 is 4.43. The molecule has 0 spiro atoms. The molecule has 2 aromatic rings. The maximum atomic E-state index is 11.5. The summed E-state index contributed by atoms with van der Waals surface area (Å²) in [5, 5.41) is 1.63. The van der Waals surface area contributed by atoms with Gasteiger partial charge in [0.2, 0.25) is 0 Å². The van der Waals surface area contributed by atoms with E-state index in [2.05, 4.69) is 45.2 Å². The van der Waals surface area contributed by atoms with Crippen LogP contribution in [0.15, 0.2) is 27.4 Å². The molecule has 0 aliphatic heterocycles. The van der Waals surface area contributed by atoms with Gasteiger partial charge in [0.05, 0.1) is 5.39 Å². The Morgan fingerprint density at radius 1 is 1.14 bits per heavy atom. The molecule has 0 bridgehead atoms. The summed E-state index contributed by atoms with van der Waals surface area (Å²) in [4.78, 5) is 11.5. The number of benzene rings is 1. The molecule has 0 aliphatic carbocycles. The minimum atomic E-state index is -0.253. The first-order valence-corrected chi connectivity index (χ1v) is 6.13. The first-order chi connectivity index (χ1) is 6.58. The molecule has 0 aliphatic rings. The van der Waals surface area contributed by atoms with Crippen molar-refractivity contribution in [3.05, 3.63) is 41.5 Å². The van der Waals surface area contributed by atoms with Gasteiger partial charge in [-0.25, -0.2) is 4.79 Å². The van der Waals surface area contributed by atoms with Crippen molar-refractivity contribution in [3.8, 4) is 0 Å². The highest BCUT2D eigenvalue weighted by Gasteiger charge is 2.06. The van der Waals surface area contributed by atoms with Crippen LogP contribution in [0.2, 0.25) is 0 Å². The third-order valence-electron chi connectivity index (χ3n) is 1.92. The zero-order valence-electron chi connectivity index (χ0n) is 7.30. The van der Waals surface area contributed by atoms with Gasteiger partial charge in [0.25, 0.3) is 0 Å². The molecule has 1 aromatic carbocycles. The second-order valence-corrected chi connectivity index (χ2v) is 5.40. The number of aryl methyl sites for hydroxylation is 1. The molecule has 0 N–H and O–H groups in total. The Labute approximate surface area is 108 Å². The summed E-state index contributed by atoms with van der Waals surface area (Å²) in [6.45, 7) is 1.79. The van der Waals surface area contributed by atoms with Gasteiger partial charge in [-0.2, -0.15) is 0 Å². The molecule has 0 radical (unpaired) electrons. The molecule has 2 nitrogen and oxygen atoms in total. The van der Waals surface area contributed by atoms with Crippen molar-refractivity contribution in [2.45, 2.75) is 6.92 Å². The zero-order chi connectivity index (χ0) is 10.3. The summed E-state index contributed by atoms with van der Waals surface area (Å²) < 4.78 is 7.17. The van der Waals surface area contributed by atoms with Gasteiger partial charge in [-0.15, -0.1) is 0 Å². The first kappa shape index (κ1) is 10.4. The maximum Gasteiger partial charge on any atom is 0.343 e. The van der Waals surface area contributed by atoms with Crippen molar-refractivity contribution in [2.75, 3.05) is 0 Å². The van der Waals surface area contributed by atoms with Gasteiger partial charge in [0, 0.05) is 12.5 Å². The van der Waals surface area contributed by atoms with E-state index in [9.17, 15) is 4.79 Å². The second kappa shape index (κ2) is 3.80. The van der Waals surface area contributed by atoms with E-state index in [1.54, 1.807) is 6.92 Å². The number of fused-ring (bicyclic) bond motifs is 1. The Morgan fingerprint density at radius 2 is 1.86 bits per heavy atom. The lowest BCUT2D eigenvalue weighted by Gasteiger charge is -2.01. The average molecular weight is 412 g/mol. The quantitative estimate of drug-likeness (QED) is 0.622. The summed E-state index contributed by atoms with van der Waals surface area (Å²) in [5.74, 6) is 0.654. The van der Waals surface area contributed by atoms with Crippen LogP contribution in [0.5, 0.6) is 0 Å². The summed E-state index contributed by atoms with van der Waals surface area (Å²) in [5.41, 5.74) is -0.253. The SMILES string of the molecule is Cc1cc2c(I)cc(I)cc2c(=O)o1. The minimum Gasteiger partial charge on any atom is -0.428 e. The van der Waals surface area contributed by atoms with Crippen LogP contribution in [0.1, 0.15) is 5.76 Å². The molecular formula is C10H6I2O2. The maximum absolute atomic E-state index is 11.5. The van der Waals surface area contributed by atoms with Crippen LogP contribution in [0.25, 0.3) is 10.8 Å². The van der Waals surface area contributed by atoms with Gasteiger partial charge >= 0.3 is 5.63 Å². The van der Waals surface area contributed by atoms with Crippen molar-refractivity contribution in [1.29, 1.82) is 0 Å². The molecule has 0 unspecified atom stereocenters. The van der Waals surface area contributed by atoms with Crippen LogP contribution in [-0.2, 0) is 0 Å². The molecule has 0 atom stereocenters. The van der Waals surface area contributed by atoms with E-state index in [-0.39, 0.29) is 5.63 Å². The van der Waals surface area contributed by atoms with Crippen LogP contribution in [0.3, 0.4) is 0 Å². The number of hydrogen-bond acceptors (Lipinski definition) is 2. The molecule has 0 fully saturated rings. The van der Waals surface area contributed by atoms with Crippen LogP contribution in [0.4, 0.5) is 0 Å². The Morgan fingerprint density at radius 3 is 2.57 bits per heavy atom. The van der Waals surface area contributed by atoms with Crippen LogP contribution in [0, 0.1) is 14.1 Å². The fraction of sp³-hybridized carbons (Fsp3) is 0.100. The van der Waals surface area contributed by atoms with Crippen LogP contribution >= 0.6 is 45.2 Å². The molecule has 14 heavy (non-hydrogen) atoms. The molecule has 0 saturated carbocycles. The summed E-state index contributed by atoms with van der Waals surface area (Å²) in [6.07, 6.45) is 0. The Balaban J connectivity index is 3.02. The van der Waals surface area contributed by atoms with Crippen molar-refractivity contribution < 1.29 is 4.42 Å². The van der Waals surface area contributed by atoms with Crippen molar-refractivity contribution in [1.82, 2.24) is 0 Å². The minimum absolute atomic E-state index is 0.253. The molecule has 1 aromatic heterocycles. The van der Waals surface area contributed by atoms with Gasteiger partial charge in [-0.3, -0.25) is 0 Å². The van der Waals surface area contributed by atoms with E-state index in [1.165, 1.54) is 0 Å². The van der Waals surface area contributed by atoms with E-state index < -0.39 is 0 Å². The Hall–Kier alpha value is -0.110. The normalized spacial score (nSPS) is 10.8. The van der Waals surface area contributed by atoms with E-state index in [1.807, 2.05) is 18.2 Å². The zero-order valence-corrected chi connectivity index (χ0v) is 11.6. The van der Waals surface area contributed by atoms with E-state index in [0.717, 1.165) is 12.5 Å². The number of halogens is 2. The predicted octanol–water partition coefficient (Wildman–Crippen LogP) is 3.31. The van der Waals surface area contributed by atoms with E-state index >= 15 is 0 Å². The van der Waals surface area contributed by atoms with Crippen LogP contribution < -0.4 is 5.63 Å². The standard InChI is InChI=1S/C10H6I2O2/c1-5-2-7-8(10(13)14-5)3-6(11)4-9(7)12/h2-4H,1H3. The Bertz CT molecular complexity index is 558.